The van der Waals surface area contributed by atoms with Gasteiger partial charge >= 0.3 is 11.9 Å². The molecule has 0 bridgehead atoms. The molecule has 0 heterocycles. The zero-order valence-electron chi connectivity index (χ0n) is 11.8. The van der Waals surface area contributed by atoms with Gasteiger partial charge < -0.3 is 9.47 Å². The summed E-state index contributed by atoms with van der Waals surface area (Å²) in [4.78, 5) is 24.1. The Labute approximate surface area is 113 Å². The maximum Gasteiger partial charge on any atom is 0.325 e. The van der Waals surface area contributed by atoms with Crippen LogP contribution in [-0.4, -0.2) is 24.1 Å². The number of hydrogen-bond acceptors (Lipinski definition) is 4. The lowest BCUT2D eigenvalue weighted by atomic mass is 9.99. The zero-order valence-corrected chi connectivity index (χ0v) is 11.8. The maximum atomic E-state index is 12.1. The molecule has 0 unspecified atom stereocenters. The van der Waals surface area contributed by atoms with E-state index in [1.165, 1.54) is 0 Å². The number of carbonyl (C=O) groups excluding carboxylic acids is 2. The fraction of sp³-hybridized carbons (Fsp3) is 0.467. The van der Waals surface area contributed by atoms with Gasteiger partial charge in [-0.05, 0) is 33.3 Å². The van der Waals surface area contributed by atoms with Gasteiger partial charge in [0.25, 0.3) is 0 Å². The lowest BCUT2D eigenvalue weighted by Crippen LogP contribution is -2.29. The minimum Gasteiger partial charge on any atom is -0.462 e. The van der Waals surface area contributed by atoms with Crippen LogP contribution < -0.4 is 0 Å². The lowest BCUT2D eigenvalue weighted by molar-refractivity contribution is -0.161. The van der Waals surface area contributed by atoms with E-state index in [-0.39, 0.29) is 12.2 Å². The number of benzene rings is 1. The van der Waals surface area contributed by atoms with E-state index < -0.39 is 17.9 Å². The molecule has 19 heavy (non-hydrogen) atoms. The molecule has 0 fully saturated rings. The molecule has 0 saturated carbocycles. The summed E-state index contributed by atoms with van der Waals surface area (Å²) < 4.78 is 10.3. The topological polar surface area (TPSA) is 52.6 Å². The molecule has 0 N–H and O–H groups in total. The monoisotopic (exact) mass is 264 g/mol. The van der Waals surface area contributed by atoms with Gasteiger partial charge in [-0.1, -0.05) is 30.3 Å². The van der Waals surface area contributed by atoms with E-state index in [2.05, 4.69) is 0 Å². The Morgan fingerprint density at radius 3 is 1.63 bits per heavy atom. The van der Waals surface area contributed by atoms with Gasteiger partial charge in [-0.15, -0.1) is 0 Å². The van der Waals surface area contributed by atoms with Crippen LogP contribution >= 0.6 is 0 Å². The van der Waals surface area contributed by atoms with Gasteiger partial charge in [0.1, 0.15) is 0 Å². The van der Waals surface area contributed by atoms with Crippen molar-refractivity contribution in [2.75, 3.05) is 0 Å². The number of hydrogen-bond donors (Lipinski definition) is 0. The highest BCUT2D eigenvalue weighted by Crippen LogP contribution is 2.20. The van der Waals surface area contributed by atoms with E-state index in [9.17, 15) is 9.59 Å². The highest BCUT2D eigenvalue weighted by molar-refractivity contribution is 6.00. The number of carbonyl (C=O) groups is 2. The normalized spacial score (nSPS) is 10.9. The second-order valence-electron chi connectivity index (χ2n) is 4.81. The van der Waals surface area contributed by atoms with E-state index in [4.69, 9.17) is 9.47 Å². The first kappa shape index (κ1) is 15.2. The molecule has 0 aliphatic rings. The molecule has 0 aliphatic heterocycles. The van der Waals surface area contributed by atoms with Crippen molar-refractivity contribution in [1.82, 2.24) is 0 Å². The molecule has 0 radical (unpaired) electrons. The molecule has 0 atom stereocenters. The SMILES string of the molecule is CC(C)OC(=O)C(C(=O)OC(C)C)c1ccccc1. The number of rotatable bonds is 5. The van der Waals surface area contributed by atoms with E-state index in [0.717, 1.165) is 0 Å². The molecule has 4 heteroatoms. The van der Waals surface area contributed by atoms with Crippen LogP contribution in [0.2, 0.25) is 0 Å². The van der Waals surface area contributed by atoms with E-state index in [1.807, 2.05) is 6.07 Å². The minimum absolute atomic E-state index is 0.273. The minimum atomic E-state index is -1.02. The Kier molecular flexibility index (Phi) is 5.55. The molecule has 0 spiro atoms. The summed E-state index contributed by atoms with van der Waals surface area (Å²) in [7, 11) is 0. The third-order valence-electron chi connectivity index (χ3n) is 2.31. The predicted octanol–water partition coefficient (Wildman–Crippen LogP) is 2.67. The largest absolute Gasteiger partial charge is 0.462 e. The quantitative estimate of drug-likeness (QED) is 0.606. The molecule has 1 aromatic carbocycles. The summed E-state index contributed by atoms with van der Waals surface area (Å²) in [6.07, 6.45) is -0.545. The molecule has 1 aromatic rings. The molecule has 0 amide bonds. The van der Waals surface area contributed by atoms with Gasteiger partial charge in [-0.25, -0.2) is 0 Å². The summed E-state index contributed by atoms with van der Waals surface area (Å²) in [5, 5.41) is 0. The predicted molar refractivity (Wildman–Crippen MR) is 71.6 cm³/mol. The average molecular weight is 264 g/mol. The first-order valence-electron chi connectivity index (χ1n) is 6.37. The van der Waals surface area contributed by atoms with Crippen LogP contribution in [0.25, 0.3) is 0 Å². The Morgan fingerprint density at radius 2 is 1.26 bits per heavy atom. The van der Waals surface area contributed by atoms with Crippen LogP contribution in [0.15, 0.2) is 30.3 Å². The first-order valence-corrected chi connectivity index (χ1v) is 6.37. The molecule has 1 rings (SSSR count). The van der Waals surface area contributed by atoms with Crippen LogP contribution in [-0.2, 0) is 19.1 Å². The highest BCUT2D eigenvalue weighted by atomic mass is 16.6. The van der Waals surface area contributed by atoms with Crippen LogP contribution in [0.4, 0.5) is 0 Å². The number of esters is 2. The van der Waals surface area contributed by atoms with E-state index in [0.29, 0.717) is 5.56 Å². The summed E-state index contributed by atoms with van der Waals surface area (Å²) in [6.45, 7) is 6.98. The fourth-order valence-electron chi connectivity index (χ4n) is 1.61. The van der Waals surface area contributed by atoms with Gasteiger partial charge in [0.15, 0.2) is 5.92 Å². The Balaban J connectivity index is 2.97. The summed E-state index contributed by atoms with van der Waals surface area (Å²) in [5.74, 6) is -2.18. The van der Waals surface area contributed by atoms with Gasteiger partial charge in [0.2, 0.25) is 0 Å². The van der Waals surface area contributed by atoms with Crippen LogP contribution in [0.3, 0.4) is 0 Å². The molecular formula is C15H20O4. The molecule has 4 nitrogen and oxygen atoms in total. The third kappa shape index (κ3) is 4.73. The molecule has 0 aromatic heterocycles. The second-order valence-corrected chi connectivity index (χ2v) is 4.81. The Bertz CT molecular complexity index is 401. The van der Waals surface area contributed by atoms with Crippen molar-refractivity contribution >= 4 is 11.9 Å². The molecule has 0 aliphatic carbocycles. The number of ether oxygens (including phenoxy) is 2. The van der Waals surface area contributed by atoms with Gasteiger partial charge in [0.05, 0.1) is 12.2 Å². The van der Waals surface area contributed by atoms with Crippen molar-refractivity contribution in [2.24, 2.45) is 0 Å². The Hall–Kier alpha value is -1.84. The van der Waals surface area contributed by atoms with Crippen molar-refractivity contribution in [3.05, 3.63) is 35.9 Å². The highest BCUT2D eigenvalue weighted by Gasteiger charge is 2.32. The standard InChI is InChI=1S/C15H20O4/c1-10(2)18-14(16)13(15(17)19-11(3)4)12-8-6-5-7-9-12/h5-11,13H,1-4H3. The lowest BCUT2D eigenvalue weighted by Gasteiger charge is -2.18. The van der Waals surface area contributed by atoms with Crippen molar-refractivity contribution in [3.8, 4) is 0 Å². The van der Waals surface area contributed by atoms with Crippen molar-refractivity contribution in [1.29, 1.82) is 0 Å². The zero-order chi connectivity index (χ0) is 14.4. The second kappa shape index (κ2) is 6.92. The summed E-state index contributed by atoms with van der Waals surface area (Å²) >= 11 is 0. The van der Waals surface area contributed by atoms with Gasteiger partial charge in [-0.2, -0.15) is 0 Å². The van der Waals surface area contributed by atoms with Crippen molar-refractivity contribution in [2.45, 2.75) is 45.8 Å². The molecule has 0 saturated heterocycles. The van der Waals surface area contributed by atoms with E-state index >= 15 is 0 Å². The van der Waals surface area contributed by atoms with Crippen molar-refractivity contribution < 1.29 is 19.1 Å². The molecule has 104 valence electrons. The van der Waals surface area contributed by atoms with Crippen molar-refractivity contribution in [3.63, 3.8) is 0 Å². The third-order valence-corrected chi connectivity index (χ3v) is 2.31. The fourth-order valence-corrected chi connectivity index (χ4v) is 1.61. The smallest absolute Gasteiger partial charge is 0.325 e. The van der Waals surface area contributed by atoms with E-state index in [1.54, 1.807) is 52.0 Å². The summed E-state index contributed by atoms with van der Waals surface area (Å²) in [5.41, 5.74) is 0.582. The first-order chi connectivity index (χ1) is 8.91. The average Bonchev–Trinajstić information content (AvgIpc) is 2.28. The van der Waals surface area contributed by atoms with Crippen LogP contribution in [0, 0.1) is 0 Å². The summed E-state index contributed by atoms with van der Waals surface area (Å²) in [6, 6.07) is 8.80. The van der Waals surface area contributed by atoms with Crippen LogP contribution in [0.5, 0.6) is 0 Å². The maximum absolute atomic E-state index is 12.1. The Morgan fingerprint density at radius 1 is 0.842 bits per heavy atom. The van der Waals surface area contributed by atoms with Gasteiger partial charge in [-0.3, -0.25) is 9.59 Å². The van der Waals surface area contributed by atoms with Crippen LogP contribution in [0.1, 0.15) is 39.2 Å². The van der Waals surface area contributed by atoms with Gasteiger partial charge in [0, 0.05) is 0 Å². The molecular weight excluding hydrogens is 244 g/mol.